The smallest absolute Gasteiger partial charge is 0.295 e. The molecule has 1 amide bonds. The molecule has 28 heavy (non-hydrogen) atoms. The van der Waals surface area contributed by atoms with E-state index in [1.165, 1.54) is 0 Å². The van der Waals surface area contributed by atoms with Gasteiger partial charge in [-0.2, -0.15) is 0 Å². The van der Waals surface area contributed by atoms with Crippen LogP contribution in [0.15, 0.2) is 54.1 Å². The van der Waals surface area contributed by atoms with E-state index in [1.807, 2.05) is 31.2 Å². The third-order valence-corrected chi connectivity index (χ3v) is 6.05. The van der Waals surface area contributed by atoms with E-state index in [0.29, 0.717) is 10.6 Å². The second-order valence-electron chi connectivity index (χ2n) is 7.51. The molecule has 1 unspecified atom stereocenters. The second kappa shape index (κ2) is 7.44. The Kier molecular flexibility index (Phi) is 4.98. The van der Waals surface area contributed by atoms with Gasteiger partial charge in [-0.3, -0.25) is 9.59 Å². The zero-order chi connectivity index (χ0) is 19.8. The van der Waals surface area contributed by atoms with Crippen molar-refractivity contribution in [3.8, 4) is 0 Å². The van der Waals surface area contributed by atoms with E-state index in [1.54, 1.807) is 29.2 Å². The number of amides is 1. The summed E-state index contributed by atoms with van der Waals surface area (Å²) in [6.07, 6.45) is 3.86. The lowest BCUT2D eigenvalue weighted by molar-refractivity contribution is -0.141. The maximum Gasteiger partial charge on any atom is 0.295 e. The molecule has 4 nitrogen and oxygen atoms in total. The molecular weight excluding hydrogens is 374 g/mol. The van der Waals surface area contributed by atoms with E-state index in [0.717, 1.165) is 36.8 Å². The summed E-state index contributed by atoms with van der Waals surface area (Å²) >= 11 is 5.96. The minimum atomic E-state index is -0.618. The van der Waals surface area contributed by atoms with Gasteiger partial charge < -0.3 is 10.0 Å². The number of hydrogen-bond donors (Lipinski definition) is 1. The van der Waals surface area contributed by atoms with Gasteiger partial charge in [0.15, 0.2) is 0 Å². The molecule has 1 saturated heterocycles. The Balaban J connectivity index is 1.91. The maximum absolute atomic E-state index is 13.0. The fraction of sp³-hybridized carbons (Fsp3) is 0.304. The molecule has 4 rings (SSSR count). The van der Waals surface area contributed by atoms with Crippen molar-refractivity contribution in [2.75, 3.05) is 0 Å². The average Bonchev–Trinajstić information content (AvgIpc) is 3.30. The van der Waals surface area contributed by atoms with Crippen molar-refractivity contribution in [2.24, 2.45) is 0 Å². The van der Waals surface area contributed by atoms with Gasteiger partial charge in [0.1, 0.15) is 5.76 Å². The molecule has 1 saturated carbocycles. The summed E-state index contributed by atoms with van der Waals surface area (Å²) in [5.74, 6) is -1.29. The minimum Gasteiger partial charge on any atom is -0.507 e. The number of aryl methyl sites for hydroxylation is 1. The van der Waals surface area contributed by atoms with Crippen molar-refractivity contribution in [1.29, 1.82) is 0 Å². The normalized spacial score (nSPS) is 22.2. The molecule has 0 spiro atoms. The molecule has 2 aromatic carbocycles. The third-order valence-electron chi connectivity index (χ3n) is 5.80. The predicted octanol–water partition coefficient (Wildman–Crippen LogP) is 5.01. The van der Waals surface area contributed by atoms with E-state index in [9.17, 15) is 14.7 Å². The first-order valence-corrected chi connectivity index (χ1v) is 9.98. The summed E-state index contributed by atoms with van der Waals surface area (Å²) in [6.45, 7) is 1.96. The largest absolute Gasteiger partial charge is 0.507 e. The molecule has 144 valence electrons. The Morgan fingerprint density at radius 3 is 2.32 bits per heavy atom. The zero-order valence-electron chi connectivity index (χ0n) is 15.7. The highest BCUT2D eigenvalue weighted by molar-refractivity contribution is 6.46. The number of nitrogens with zero attached hydrogens (tertiary/aromatic N) is 1. The number of rotatable bonds is 3. The summed E-state index contributed by atoms with van der Waals surface area (Å²) in [5.41, 5.74) is 2.50. The molecule has 5 heteroatoms. The number of halogens is 1. The van der Waals surface area contributed by atoms with Gasteiger partial charge in [0, 0.05) is 16.6 Å². The third kappa shape index (κ3) is 3.12. The van der Waals surface area contributed by atoms with Gasteiger partial charge in [-0.05, 0) is 55.2 Å². The van der Waals surface area contributed by atoms with E-state index in [2.05, 4.69) is 0 Å². The van der Waals surface area contributed by atoms with Gasteiger partial charge in [0.2, 0.25) is 0 Å². The lowest BCUT2D eigenvalue weighted by atomic mass is 9.92. The molecule has 2 aromatic rings. The first-order chi connectivity index (χ1) is 13.5. The van der Waals surface area contributed by atoms with E-state index >= 15 is 0 Å². The molecule has 1 N–H and O–H groups in total. The molecular formula is C23H22ClNO3. The van der Waals surface area contributed by atoms with Crippen LogP contribution in [0, 0.1) is 6.92 Å². The zero-order valence-corrected chi connectivity index (χ0v) is 16.4. The fourth-order valence-corrected chi connectivity index (χ4v) is 4.50. The van der Waals surface area contributed by atoms with Gasteiger partial charge in [-0.1, -0.05) is 48.7 Å². The number of carbonyl (C=O) groups excluding carboxylic acids is 2. The van der Waals surface area contributed by atoms with Crippen LogP contribution in [-0.2, 0) is 9.59 Å². The van der Waals surface area contributed by atoms with Crippen molar-refractivity contribution in [1.82, 2.24) is 4.90 Å². The van der Waals surface area contributed by atoms with E-state index in [-0.39, 0.29) is 17.4 Å². The molecule has 0 radical (unpaired) electrons. The van der Waals surface area contributed by atoms with Crippen molar-refractivity contribution in [3.63, 3.8) is 0 Å². The van der Waals surface area contributed by atoms with E-state index in [4.69, 9.17) is 11.6 Å². The van der Waals surface area contributed by atoms with Crippen LogP contribution in [0.4, 0.5) is 0 Å². The lowest BCUT2D eigenvalue weighted by Crippen LogP contribution is -2.37. The number of carbonyl (C=O) groups is 2. The SMILES string of the molecule is Cc1ccccc1C1/C(=C(/O)c2ccc(Cl)cc2)C(=O)C(=O)N1C1CCCC1. The lowest BCUT2D eigenvalue weighted by Gasteiger charge is -2.31. The molecule has 0 bridgehead atoms. The summed E-state index contributed by atoms with van der Waals surface area (Å²) < 4.78 is 0. The van der Waals surface area contributed by atoms with Gasteiger partial charge in [0.25, 0.3) is 11.7 Å². The van der Waals surface area contributed by atoms with Gasteiger partial charge in [-0.25, -0.2) is 0 Å². The van der Waals surface area contributed by atoms with Crippen molar-refractivity contribution in [3.05, 3.63) is 75.8 Å². The summed E-state index contributed by atoms with van der Waals surface area (Å²) in [5, 5.41) is 11.6. The Hall–Kier alpha value is -2.59. The Morgan fingerprint density at radius 2 is 1.68 bits per heavy atom. The van der Waals surface area contributed by atoms with Crippen molar-refractivity contribution >= 4 is 29.1 Å². The Bertz CT molecular complexity index is 958. The molecule has 0 aromatic heterocycles. The predicted molar refractivity (Wildman–Crippen MR) is 109 cm³/mol. The van der Waals surface area contributed by atoms with Crippen LogP contribution in [0.25, 0.3) is 5.76 Å². The average molecular weight is 396 g/mol. The highest BCUT2D eigenvalue weighted by Crippen LogP contribution is 2.44. The fourth-order valence-electron chi connectivity index (χ4n) is 4.37. The highest BCUT2D eigenvalue weighted by atomic mass is 35.5. The molecule has 2 fully saturated rings. The van der Waals surface area contributed by atoms with Crippen molar-refractivity contribution in [2.45, 2.75) is 44.7 Å². The number of hydrogen-bond acceptors (Lipinski definition) is 3. The van der Waals surface area contributed by atoms with Crippen LogP contribution >= 0.6 is 11.6 Å². The minimum absolute atomic E-state index is 0.0246. The second-order valence-corrected chi connectivity index (χ2v) is 7.94. The maximum atomic E-state index is 13.0. The quantitative estimate of drug-likeness (QED) is 0.451. The Morgan fingerprint density at radius 1 is 1.04 bits per heavy atom. The van der Waals surface area contributed by atoms with Crippen LogP contribution in [0.3, 0.4) is 0 Å². The molecule has 1 heterocycles. The summed E-state index contributed by atoms with van der Waals surface area (Å²) in [4.78, 5) is 27.7. The molecule has 2 aliphatic rings. The standard InChI is InChI=1S/C23H22ClNO3/c1-14-6-2-5-9-18(14)20-19(21(26)15-10-12-16(24)13-11-15)22(27)23(28)25(20)17-7-3-4-8-17/h2,5-6,9-13,17,20,26H,3-4,7-8H2,1H3/b21-19-. The van der Waals surface area contributed by atoms with E-state index < -0.39 is 17.7 Å². The topological polar surface area (TPSA) is 57.6 Å². The number of aliphatic hydroxyl groups excluding tert-OH is 1. The van der Waals surface area contributed by atoms with Crippen molar-refractivity contribution < 1.29 is 14.7 Å². The molecule has 1 aliphatic heterocycles. The number of Topliss-reactive ketones (excluding diaryl/α,β-unsaturated/α-hetero) is 1. The number of aliphatic hydroxyl groups is 1. The summed E-state index contributed by atoms with van der Waals surface area (Å²) in [6, 6.07) is 13.8. The first-order valence-electron chi connectivity index (χ1n) is 9.60. The highest BCUT2D eigenvalue weighted by Gasteiger charge is 2.49. The number of benzene rings is 2. The van der Waals surface area contributed by atoms with Gasteiger partial charge >= 0.3 is 0 Å². The monoisotopic (exact) mass is 395 g/mol. The number of ketones is 1. The van der Waals surface area contributed by atoms with Crippen LogP contribution < -0.4 is 0 Å². The van der Waals surface area contributed by atoms with Crippen LogP contribution in [0.5, 0.6) is 0 Å². The molecule has 1 aliphatic carbocycles. The first kappa shape index (κ1) is 18.8. The van der Waals surface area contributed by atoms with Crippen LogP contribution in [-0.4, -0.2) is 27.7 Å². The Labute approximate surface area is 169 Å². The van der Waals surface area contributed by atoms with Crippen LogP contribution in [0.2, 0.25) is 5.02 Å². The number of likely N-dealkylation sites (tertiary alicyclic amines) is 1. The molecule has 1 atom stereocenters. The van der Waals surface area contributed by atoms with Crippen LogP contribution in [0.1, 0.15) is 48.4 Å². The summed E-state index contributed by atoms with van der Waals surface area (Å²) in [7, 11) is 0. The van der Waals surface area contributed by atoms with Gasteiger partial charge in [0.05, 0.1) is 11.6 Å². The van der Waals surface area contributed by atoms with Gasteiger partial charge in [-0.15, -0.1) is 0 Å².